The average Bonchev–Trinajstić information content (AvgIpc) is 3.46. The lowest BCUT2D eigenvalue weighted by molar-refractivity contribution is 0.263. The van der Waals surface area contributed by atoms with Gasteiger partial charge in [-0.25, -0.2) is 9.97 Å². The number of benzene rings is 2. The van der Waals surface area contributed by atoms with Gasteiger partial charge >= 0.3 is 0 Å². The summed E-state index contributed by atoms with van der Waals surface area (Å²) in [4.78, 5) is 8.55. The van der Waals surface area contributed by atoms with Crippen LogP contribution in [-0.2, 0) is 4.74 Å². The molecular formula is C20H20N4O2. The highest BCUT2D eigenvalue weighted by atomic mass is 16.6. The molecule has 1 aromatic heterocycles. The third-order valence-corrected chi connectivity index (χ3v) is 3.92. The van der Waals surface area contributed by atoms with Crippen molar-refractivity contribution >= 4 is 23.0 Å². The fourth-order valence-electron chi connectivity index (χ4n) is 2.50. The Kier molecular flexibility index (Phi) is 4.66. The van der Waals surface area contributed by atoms with E-state index in [0.29, 0.717) is 6.61 Å². The van der Waals surface area contributed by atoms with Gasteiger partial charge in [0.05, 0.1) is 6.61 Å². The minimum atomic E-state index is 0.258. The van der Waals surface area contributed by atoms with Gasteiger partial charge in [-0.1, -0.05) is 12.1 Å². The lowest BCUT2D eigenvalue weighted by Gasteiger charge is -2.10. The van der Waals surface area contributed by atoms with Crippen LogP contribution in [0.15, 0.2) is 60.9 Å². The molecule has 1 saturated heterocycles. The molecule has 2 N–H and O–H groups in total. The van der Waals surface area contributed by atoms with Gasteiger partial charge in [0.2, 0.25) is 0 Å². The summed E-state index contributed by atoms with van der Waals surface area (Å²) in [6.45, 7) is 3.46. The molecular weight excluding hydrogens is 328 g/mol. The van der Waals surface area contributed by atoms with Crippen LogP contribution in [0, 0.1) is 6.92 Å². The van der Waals surface area contributed by atoms with E-state index >= 15 is 0 Å². The van der Waals surface area contributed by atoms with Gasteiger partial charge in [0.15, 0.2) is 0 Å². The lowest BCUT2D eigenvalue weighted by Crippen LogP contribution is -2.04. The maximum atomic E-state index is 5.64. The van der Waals surface area contributed by atoms with E-state index in [-0.39, 0.29) is 6.10 Å². The summed E-state index contributed by atoms with van der Waals surface area (Å²) in [6, 6.07) is 17.8. The minimum Gasteiger partial charge on any atom is -0.491 e. The van der Waals surface area contributed by atoms with Gasteiger partial charge < -0.3 is 20.1 Å². The molecule has 0 saturated carbocycles. The molecule has 0 aliphatic carbocycles. The van der Waals surface area contributed by atoms with Crippen LogP contribution in [0.4, 0.5) is 23.0 Å². The predicted molar refractivity (Wildman–Crippen MR) is 101 cm³/mol. The van der Waals surface area contributed by atoms with Crippen LogP contribution in [0.1, 0.15) is 5.56 Å². The highest BCUT2D eigenvalue weighted by molar-refractivity contribution is 5.63. The first kappa shape index (κ1) is 16.4. The number of hydrogen-bond donors (Lipinski definition) is 2. The number of ether oxygens (including phenoxy) is 2. The Hall–Kier alpha value is -3.12. The first-order valence-electron chi connectivity index (χ1n) is 8.52. The van der Waals surface area contributed by atoms with Crippen molar-refractivity contribution < 1.29 is 9.47 Å². The highest BCUT2D eigenvalue weighted by Crippen LogP contribution is 2.22. The van der Waals surface area contributed by atoms with Gasteiger partial charge in [-0.2, -0.15) is 0 Å². The van der Waals surface area contributed by atoms with Gasteiger partial charge in [-0.05, 0) is 48.9 Å². The van der Waals surface area contributed by atoms with Crippen molar-refractivity contribution in [2.24, 2.45) is 0 Å². The van der Waals surface area contributed by atoms with E-state index in [1.165, 1.54) is 11.9 Å². The first-order valence-corrected chi connectivity index (χ1v) is 8.52. The molecule has 0 radical (unpaired) electrons. The largest absolute Gasteiger partial charge is 0.491 e. The Morgan fingerprint density at radius 3 is 2.42 bits per heavy atom. The van der Waals surface area contributed by atoms with Crippen molar-refractivity contribution in [3.63, 3.8) is 0 Å². The van der Waals surface area contributed by atoms with Crippen LogP contribution in [0.25, 0.3) is 0 Å². The van der Waals surface area contributed by atoms with Gasteiger partial charge in [-0.3, -0.25) is 0 Å². The molecule has 6 heteroatoms. The second-order valence-corrected chi connectivity index (χ2v) is 6.20. The van der Waals surface area contributed by atoms with E-state index in [0.717, 1.165) is 35.4 Å². The van der Waals surface area contributed by atoms with Crippen LogP contribution in [0.2, 0.25) is 0 Å². The number of rotatable bonds is 7. The van der Waals surface area contributed by atoms with E-state index < -0.39 is 0 Å². The summed E-state index contributed by atoms with van der Waals surface area (Å²) in [5.41, 5.74) is 3.12. The van der Waals surface area contributed by atoms with Crippen molar-refractivity contribution in [3.8, 4) is 5.75 Å². The Balaban J connectivity index is 1.39. The van der Waals surface area contributed by atoms with Gasteiger partial charge in [0.25, 0.3) is 0 Å². The van der Waals surface area contributed by atoms with Crippen molar-refractivity contribution in [1.29, 1.82) is 0 Å². The van der Waals surface area contributed by atoms with Crippen LogP contribution >= 0.6 is 0 Å². The molecule has 0 bridgehead atoms. The van der Waals surface area contributed by atoms with E-state index in [9.17, 15) is 0 Å². The van der Waals surface area contributed by atoms with E-state index in [4.69, 9.17) is 9.47 Å². The minimum absolute atomic E-state index is 0.258. The number of anilines is 4. The van der Waals surface area contributed by atoms with Crippen molar-refractivity contribution in [1.82, 2.24) is 9.97 Å². The Morgan fingerprint density at radius 2 is 1.73 bits per heavy atom. The Labute approximate surface area is 152 Å². The maximum absolute atomic E-state index is 5.64. The lowest BCUT2D eigenvalue weighted by atomic mass is 10.2. The average molecular weight is 348 g/mol. The number of aromatic nitrogens is 2. The normalized spacial score (nSPS) is 15.3. The van der Waals surface area contributed by atoms with Crippen molar-refractivity contribution in [2.45, 2.75) is 13.0 Å². The Bertz CT molecular complexity index is 879. The molecule has 26 heavy (non-hydrogen) atoms. The number of nitrogens with one attached hydrogen (secondary N) is 2. The van der Waals surface area contributed by atoms with Gasteiger partial charge in [-0.15, -0.1) is 0 Å². The monoisotopic (exact) mass is 348 g/mol. The molecule has 4 rings (SSSR count). The van der Waals surface area contributed by atoms with Crippen LogP contribution < -0.4 is 15.4 Å². The zero-order valence-corrected chi connectivity index (χ0v) is 14.5. The van der Waals surface area contributed by atoms with Gasteiger partial charge in [0.1, 0.15) is 36.4 Å². The molecule has 1 aliphatic heterocycles. The maximum Gasteiger partial charge on any atom is 0.135 e. The van der Waals surface area contributed by atoms with Crippen LogP contribution in [0.3, 0.4) is 0 Å². The fourth-order valence-corrected chi connectivity index (χ4v) is 2.50. The van der Waals surface area contributed by atoms with Crippen LogP contribution in [-0.4, -0.2) is 29.3 Å². The molecule has 0 spiro atoms. The number of nitrogens with zero attached hydrogens (tertiary/aromatic N) is 2. The molecule has 0 amide bonds. The predicted octanol–water partition coefficient (Wildman–Crippen LogP) is 4.05. The molecule has 1 fully saturated rings. The van der Waals surface area contributed by atoms with Crippen molar-refractivity contribution in [3.05, 3.63) is 66.5 Å². The first-order chi connectivity index (χ1) is 12.7. The quantitative estimate of drug-likeness (QED) is 0.628. The second kappa shape index (κ2) is 7.41. The zero-order chi connectivity index (χ0) is 17.8. The third-order valence-electron chi connectivity index (χ3n) is 3.92. The second-order valence-electron chi connectivity index (χ2n) is 6.20. The molecule has 1 unspecified atom stereocenters. The van der Waals surface area contributed by atoms with E-state index in [1.54, 1.807) is 0 Å². The number of hydrogen-bond acceptors (Lipinski definition) is 6. The number of aryl methyl sites for hydroxylation is 1. The molecule has 2 heterocycles. The molecule has 6 nitrogen and oxygen atoms in total. The Morgan fingerprint density at radius 1 is 1.00 bits per heavy atom. The fraction of sp³-hybridized carbons (Fsp3) is 0.200. The van der Waals surface area contributed by atoms with E-state index in [2.05, 4.69) is 39.7 Å². The molecule has 1 aliphatic rings. The highest BCUT2D eigenvalue weighted by Gasteiger charge is 2.22. The van der Waals surface area contributed by atoms with Crippen LogP contribution in [0.5, 0.6) is 5.75 Å². The molecule has 2 aromatic carbocycles. The standard InChI is InChI=1S/C20H20N4O2/c1-14-3-2-4-16(9-14)24-20-10-19(21-13-22-20)23-15-5-7-17(8-6-15)25-11-18-12-26-18/h2-10,13,18H,11-12H2,1H3,(H2,21,22,23,24). The summed E-state index contributed by atoms with van der Waals surface area (Å²) in [7, 11) is 0. The molecule has 3 aromatic rings. The van der Waals surface area contributed by atoms with Gasteiger partial charge in [0, 0.05) is 17.4 Å². The summed E-state index contributed by atoms with van der Waals surface area (Å²) in [6.07, 6.45) is 1.79. The summed E-state index contributed by atoms with van der Waals surface area (Å²) < 4.78 is 10.8. The number of epoxide rings is 1. The SMILES string of the molecule is Cc1cccc(Nc2cc(Nc3ccc(OCC4CO4)cc3)ncn2)c1. The zero-order valence-electron chi connectivity index (χ0n) is 14.5. The van der Waals surface area contributed by atoms with Crippen molar-refractivity contribution in [2.75, 3.05) is 23.8 Å². The summed E-state index contributed by atoms with van der Waals surface area (Å²) in [5.74, 6) is 2.28. The summed E-state index contributed by atoms with van der Waals surface area (Å²) >= 11 is 0. The molecule has 1 atom stereocenters. The topological polar surface area (TPSA) is 71.6 Å². The summed E-state index contributed by atoms with van der Waals surface area (Å²) in [5, 5.41) is 6.56. The van der Waals surface area contributed by atoms with E-state index in [1.807, 2.05) is 42.5 Å². The third kappa shape index (κ3) is 4.49. The smallest absolute Gasteiger partial charge is 0.135 e. The molecule has 132 valence electrons.